The van der Waals surface area contributed by atoms with E-state index in [2.05, 4.69) is 10.6 Å². The monoisotopic (exact) mass is 500 g/mol. The van der Waals surface area contributed by atoms with Crippen molar-refractivity contribution in [2.24, 2.45) is 5.92 Å². The highest BCUT2D eigenvalue weighted by atomic mass is 16.7. The quantitative estimate of drug-likeness (QED) is 0.567. The Balaban J connectivity index is 1.26. The van der Waals surface area contributed by atoms with Crippen molar-refractivity contribution in [1.82, 2.24) is 20.6 Å². The first-order valence-corrected chi connectivity index (χ1v) is 12.7. The molecule has 4 atom stereocenters. The number of alkyl carbamates (subject to hydrolysis) is 1. The minimum absolute atomic E-state index is 0.0925. The maximum Gasteiger partial charge on any atom is 0.407 e. The molecule has 10 nitrogen and oxygen atoms in total. The van der Waals surface area contributed by atoms with Crippen molar-refractivity contribution >= 4 is 23.8 Å². The predicted molar refractivity (Wildman–Crippen MR) is 130 cm³/mol. The lowest BCUT2D eigenvalue weighted by Crippen LogP contribution is -2.51. The molecule has 10 heteroatoms. The zero-order valence-corrected chi connectivity index (χ0v) is 21.2. The summed E-state index contributed by atoms with van der Waals surface area (Å²) in [5.74, 6) is -0.838. The predicted octanol–water partition coefficient (Wildman–Crippen LogP) is 2.77. The third-order valence-corrected chi connectivity index (χ3v) is 6.91. The molecule has 2 saturated heterocycles. The zero-order chi connectivity index (χ0) is 25.9. The second-order valence-electron chi connectivity index (χ2n) is 10.7. The minimum atomic E-state index is -0.633. The summed E-state index contributed by atoms with van der Waals surface area (Å²) >= 11 is 0. The van der Waals surface area contributed by atoms with Gasteiger partial charge in [-0.15, -0.1) is 0 Å². The molecular weight excluding hydrogens is 464 g/mol. The number of piperidine rings is 1. The molecule has 0 radical (unpaired) electrons. The fraction of sp³-hybridized carbons (Fsp3) is 0.615. The van der Waals surface area contributed by atoms with Gasteiger partial charge in [0.15, 0.2) is 5.78 Å². The van der Waals surface area contributed by atoms with Gasteiger partial charge in [-0.2, -0.15) is 5.06 Å². The lowest BCUT2D eigenvalue weighted by atomic mass is 9.97. The number of hydrogen-bond donors (Lipinski definition) is 2. The Labute approximate surface area is 211 Å². The van der Waals surface area contributed by atoms with Gasteiger partial charge in [-0.25, -0.2) is 9.59 Å². The Morgan fingerprint density at radius 2 is 1.81 bits per heavy atom. The van der Waals surface area contributed by atoms with Gasteiger partial charge in [-0.05, 0) is 52.0 Å². The molecule has 2 N–H and O–H groups in total. The molecule has 2 aliphatic heterocycles. The summed E-state index contributed by atoms with van der Waals surface area (Å²) in [6, 6.07) is 8.24. The van der Waals surface area contributed by atoms with Crippen molar-refractivity contribution in [1.29, 1.82) is 0 Å². The maximum atomic E-state index is 12.9. The average molecular weight is 501 g/mol. The summed E-state index contributed by atoms with van der Waals surface area (Å²) in [6.07, 6.45) is 2.77. The molecule has 196 valence electrons. The number of carbonyl (C=O) groups excluding carboxylic acids is 4. The van der Waals surface area contributed by atoms with Crippen LogP contribution in [0.5, 0.6) is 0 Å². The van der Waals surface area contributed by atoms with Crippen LogP contribution in [0.25, 0.3) is 0 Å². The van der Waals surface area contributed by atoms with Crippen LogP contribution in [0.3, 0.4) is 0 Å². The molecule has 4 rings (SSSR count). The molecule has 4 amide bonds. The fourth-order valence-corrected chi connectivity index (χ4v) is 5.19. The van der Waals surface area contributed by atoms with Gasteiger partial charge >= 0.3 is 12.1 Å². The van der Waals surface area contributed by atoms with Crippen LogP contribution in [-0.4, -0.2) is 70.6 Å². The van der Waals surface area contributed by atoms with Gasteiger partial charge < -0.3 is 20.3 Å². The van der Waals surface area contributed by atoms with Gasteiger partial charge in [-0.3, -0.25) is 14.4 Å². The van der Waals surface area contributed by atoms with Crippen LogP contribution in [0.2, 0.25) is 0 Å². The molecule has 2 heterocycles. The molecule has 3 fully saturated rings. The van der Waals surface area contributed by atoms with Gasteiger partial charge in [0.25, 0.3) is 0 Å². The Bertz CT molecular complexity index is 978. The van der Waals surface area contributed by atoms with Crippen LogP contribution in [0.4, 0.5) is 9.59 Å². The van der Waals surface area contributed by atoms with Crippen LogP contribution in [0.1, 0.15) is 58.4 Å². The molecule has 2 bridgehead atoms. The number of benzene rings is 1. The van der Waals surface area contributed by atoms with Crippen LogP contribution < -0.4 is 10.6 Å². The maximum absolute atomic E-state index is 12.9. The van der Waals surface area contributed by atoms with E-state index in [0.717, 1.165) is 12.0 Å². The summed E-state index contributed by atoms with van der Waals surface area (Å²) in [5, 5.41) is 6.92. The average Bonchev–Trinajstić information content (AvgIpc) is 3.38. The van der Waals surface area contributed by atoms with E-state index in [1.165, 1.54) is 9.96 Å². The van der Waals surface area contributed by atoms with Crippen LogP contribution >= 0.6 is 0 Å². The number of carbonyl (C=O) groups is 4. The largest absolute Gasteiger partial charge is 0.444 e. The van der Waals surface area contributed by atoms with Gasteiger partial charge in [-0.1, -0.05) is 36.8 Å². The van der Waals surface area contributed by atoms with E-state index in [9.17, 15) is 19.2 Å². The Morgan fingerprint density at radius 3 is 2.53 bits per heavy atom. The van der Waals surface area contributed by atoms with Crippen molar-refractivity contribution < 1.29 is 28.8 Å². The summed E-state index contributed by atoms with van der Waals surface area (Å²) in [7, 11) is 0. The van der Waals surface area contributed by atoms with Gasteiger partial charge in [0.2, 0.25) is 5.91 Å². The molecule has 1 aromatic rings. The molecule has 0 spiro atoms. The Kier molecular flexibility index (Phi) is 7.82. The second kappa shape index (κ2) is 10.9. The van der Waals surface area contributed by atoms with E-state index in [0.29, 0.717) is 32.2 Å². The van der Waals surface area contributed by atoms with Crippen molar-refractivity contribution in [2.75, 3.05) is 13.1 Å². The third-order valence-electron chi connectivity index (χ3n) is 6.91. The Morgan fingerprint density at radius 1 is 1.06 bits per heavy atom. The first-order valence-electron chi connectivity index (χ1n) is 12.7. The van der Waals surface area contributed by atoms with E-state index in [-0.39, 0.29) is 48.9 Å². The highest BCUT2D eigenvalue weighted by Crippen LogP contribution is 2.31. The van der Waals surface area contributed by atoms with E-state index < -0.39 is 17.7 Å². The summed E-state index contributed by atoms with van der Waals surface area (Å²) < 4.78 is 5.31. The Hall–Kier alpha value is -3.14. The fourth-order valence-electron chi connectivity index (χ4n) is 5.19. The van der Waals surface area contributed by atoms with Gasteiger partial charge in [0, 0.05) is 18.5 Å². The van der Waals surface area contributed by atoms with Gasteiger partial charge in [0.05, 0.1) is 12.6 Å². The molecule has 1 aromatic carbocycles. The molecule has 36 heavy (non-hydrogen) atoms. The molecular formula is C26H36N4O6. The highest BCUT2D eigenvalue weighted by molar-refractivity contribution is 5.92. The topological polar surface area (TPSA) is 117 Å². The minimum Gasteiger partial charge on any atom is -0.444 e. The van der Waals surface area contributed by atoms with Crippen LogP contribution in [-0.2, 0) is 25.8 Å². The van der Waals surface area contributed by atoms with E-state index in [1.807, 2.05) is 30.3 Å². The molecule has 0 unspecified atom stereocenters. The first-order chi connectivity index (χ1) is 17.1. The number of rotatable bonds is 8. The smallest absolute Gasteiger partial charge is 0.407 e. The lowest BCUT2D eigenvalue weighted by Gasteiger charge is -2.29. The van der Waals surface area contributed by atoms with Crippen molar-refractivity contribution in [3.8, 4) is 0 Å². The number of nitrogens with one attached hydrogen (secondary N) is 2. The van der Waals surface area contributed by atoms with Crippen LogP contribution in [0, 0.1) is 5.92 Å². The highest BCUT2D eigenvalue weighted by Gasteiger charge is 2.48. The molecule has 0 aromatic heterocycles. The molecule has 1 saturated carbocycles. The normalized spacial score (nSPS) is 25.6. The number of ketones is 1. The molecule has 1 aliphatic carbocycles. The number of urea groups is 1. The zero-order valence-electron chi connectivity index (χ0n) is 21.2. The SMILES string of the molecule is CC(C)(C)OC(=O)N[C@@H]1CCC[C@H]1C(=O)CNC(=O)[C@@H]1CC[C@@H]2CN1C(=O)N2OCc1ccccc1. The summed E-state index contributed by atoms with van der Waals surface area (Å²) in [5.41, 5.74) is 0.339. The number of ether oxygens (including phenoxy) is 1. The van der Waals surface area contributed by atoms with Gasteiger partial charge in [0.1, 0.15) is 18.2 Å². The lowest BCUT2D eigenvalue weighted by molar-refractivity contribution is -0.140. The number of nitrogens with zero attached hydrogens (tertiary/aromatic N) is 2. The molecule has 3 aliphatic rings. The van der Waals surface area contributed by atoms with E-state index in [4.69, 9.17) is 9.57 Å². The number of Topliss-reactive ketones (excluding diaryl/α,β-unsaturated/α-hetero) is 1. The number of fused-ring (bicyclic) bond motifs is 2. The first kappa shape index (κ1) is 25.9. The van der Waals surface area contributed by atoms with Crippen LogP contribution in [0.15, 0.2) is 30.3 Å². The second-order valence-corrected chi connectivity index (χ2v) is 10.7. The van der Waals surface area contributed by atoms with Crippen molar-refractivity contribution in [3.05, 3.63) is 35.9 Å². The van der Waals surface area contributed by atoms with E-state index in [1.54, 1.807) is 20.8 Å². The standard InChI is InChI=1S/C26H36N4O6/c1-26(2,3)36-24(33)28-20-11-7-10-19(20)22(31)14-27-23(32)21-13-12-18-15-29(21)25(34)30(18)35-16-17-8-5-4-6-9-17/h4-6,8-9,18-21H,7,10-16H2,1-3H3,(H,27,32)(H,28,33)/t18-,19-,20-,21+/m1/s1. The number of amides is 4. The van der Waals surface area contributed by atoms with Crippen molar-refractivity contribution in [2.45, 2.75) is 83.2 Å². The van der Waals surface area contributed by atoms with E-state index >= 15 is 0 Å². The summed E-state index contributed by atoms with van der Waals surface area (Å²) in [6.45, 7) is 5.92. The van der Waals surface area contributed by atoms with Crippen molar-refractivity contribution in [3.63, 3.8) is 0 Å². The number of hydroxylamine groups is 2. The summed E-state index contributed by atoms with van der Waals surface area (Å²) in [4.78, 5) is 58.2. The third kappa shape index (κ3) is 6.16. The number of hydrogen-bond acceptors (Lipinski definition) is 6.